The number of hydrogen-bond acceptors (Lipinski definition) is 1. The van der Waals surface area contributed by atoms with Crippen LogP contribution in [0.3, 0.4) is 0 Å². The molecule has 50 heavy (non-hydrogen) atoms. The Bertz CT molecular complexity index is 2550. The normalized spacial score (nSPS) is 11.2. The smallest absolute Gasteiger partial charge is 0.0547 e. The van der Waals surface area contributed by atoms with E-state index in [9.17, 15) is 0 Å². The van der Waals surface area contributed by atoms with E-state index in [1.165, 1.54) is 55.2 Å². The molecule has 0 atom stereocenters. The molecular weight excluding hydrogens is 605 g/mol. The molecule has 0 saturated carbocycles. The van der Waals surface area contributed by atoms with Crippen molar-refractivity contribution in [2.45, 2.75) is 0 Å². The summed E-state index contributed by atoms with van der Waals surface area (Å²) < 4.78 is 2.39. The van der Waals surface area contributed by atoms with Crippen molar-refractivity contribution in [1.29, 1.82) is 0 Å². The Hall–Kier alpha value is -6.64. The molecule has 0 bridgehead atoms. The lowest BCUT2D eigenvalue weighted by Crippen LogP contribution is -2.09. The topological polar surface area (TPSA) is 8.17 Å². The third kappa shape index (κ3) is 5.34. The van der Waals surface area contributed by atoms with E-state index in [-0.39, 0.29) is 0 Å². The summed E-state index contributed by atoms with van der Waals surface area (Å²) in [5.74, 6) is 0. The predicted molar refractivity (Wildman–Crippen MR) is 212 cm³/mol. The second-order valence-electron chi connectivity index (χ2n) is 12.6. The largest absolute Gasteiger partial charge is 0.310 e. The third-order valence-electron chi connectivity index (χ3n) is 9.57. The van der Waals surface area contributed by atoms with Gasteiger partial charge in [0, 0.05) is 33.5 Å². The summed E-state index contributed by atoms with van der Waals surface area (Å²) in [7, 11) is 0. The van der Waals surface area contributed by atoms with Crippen molar-refractivity contribution in [2.75, 3.05) is 4.90 Å². The van der Waals surface area contributed by atoms with E-state index >= 15 is 0 Å². The molecule has 0 fully saturated rings. The van der Waals surface area contributed by atoms with Gasteiger partial charge in [0.15, 0.2) is 0 Å². The Labute approximate surface area is 292 Å². The van der Waals surface area contributed by atoms with Gasteiger partial charge in [-0.05, 0) is 100 Å². The monoisotopic (exact) mass is 638 g/mol. The van der Waals surface area contributed by atoms with Crippen LogP contribution in [-0.2, 0) is 0 Å². The summed E-state index contributed by atoms with van der Waals surface area (Å²) in [5.41, 5.74) is 14.1. The van der Waals surface area contributed by atoms with Crippen molar-refractivity contribution >= 4 is 38.9 Å². The van der Waals surface area contributed by atoms with Gasteiger partial charge in [0.2, 0.25) is 0 Å². The van der Waals surface area contributed by atoms with E-state index in [4.69, 9.17) is 0 Å². The van der Waals surface area contributed by atoms with Gasteiger partial charge in [0.1, 0.15) is 0 Å². The Balaban J connectivity index is 1.21. The van der Waals surface area contributed by atoms with Gasteiger partial charge in [-0.15, -0.1) is 0 Å². The van der Waals surface area contributed by atoms with Crippen LogP contribution in [0.2, 0.25) is 0 Å². The number of anilines is 3. The first kappa shape index (κ1) is 29.5. The number of fused-ring (bicyclic) bond motifs is 3. The van der Waals surface area contributed by atoms with Crippen LogP contribution in [0.5, 0.6) is 0 Å². The quantitative estimate of drug-likeness (QED) is 0.169. The molecule has 0 saturated heterocycles. The van der Waals surface area contributed by atoms with Crippen molar-refractivity contribution in [3.8, 4) is 39.1 Å². The van der Waals surface area contributed by atoms with Crippen molar-refractivity contribution in [1.82, 2.24) is 4.57 Å². The lowest BCUT2D eigenvalue weighted by atomic mass is 9.92. The first-order valence-electron chi connectivity index (χ1n) is 17.1. The zero-order valence-electron chi connectivity index (χ0n) is 27.5. The fourth-order valence-electron chi connectivity index (χ4n) is 7.24. The Kier molecular flexibility index (Phi) is 7.53. The highest BCUT2D eigenvalue weighted by atomic mass is 15.1. The van der Waals surface area contributed by atoms with Crippen molar-refractivity contribution < 1.29 is 0 Å². The summed E-state index contributed by atoms with van der Waals surface area (Å²) in [5, 5.41) is 2.49. The van der Waals surface area contributed by atoms with Gasteiger partial charge in [-0.2, -0.15) is 0 Å². The molecule has 0 amide bonds. The fourth-order valence-corrected chi connectivity index (χ4v) is 7.24. The Morgan fingerprint density at radius 3 is 1.54 bits per heavy atom. The van der Waals surface area contributed by atoms with Crippen LogP contribution >= 0.6 is 0 Å². The third-order valence-corrected chi connectivity index (χ3v) is 9.57. The fraction of sp³-hybridized carbons (Fsp3) is 0. The number of para-hydroxylation sites is 3. The molecule has 0 unspecified atom stereocenters. The molecule has 2 nitrogen and oxygen atoms in total. The lowest BCUT2D eigenvalue weighted by Gasteiger charge is -2.26. The maximum Gasteiger partial charge on any atom is 0.0547 e. The number of nitrogens with zero attached hydrogens (tertiary/aromatic N) is 2. The minimum atomic E-state index is 1.10. The molecule has 0 N–H and O–H groups in total. The lowest BCUT2D eigenvalue weighted by molar-refractivity contribution is 1.18. The van der Waals surface area contributed by atoms with Crippen LogP contribution in [0.1, 0.15) is 0 Å². The second-order valence-corrected chi connectivity index (χ2v) is 12.6. The SMILES string of the molecule is c1ccc(-c2cccc(N(c3ccccc3)c3ccc(-c4cc5c6ccccc6n(-c6ccccc6)c5cc4-c4ccccc4)cc3)c2)cc1. The first-order valence-corrected chi connectivity index (χ1v) is 17.1. The van der Waals surface area contributed by atoms with E-state index in [0.717, 1.165) is 22.7 Å². The van der Waals surface area contributed by atoms with E-state index in [2.05, 4.69) is 216 Å². The van der Waals surface area contributed by atoms with Crippen LogP contribution in [-0.4, -0.2) is 4.57 Å². The highest BCUT2D eigenvalue weighted by Crippen LogP contribution is 2.42. The van der Waals surface area contributed by atoms with Gasteiger partial charge < -0.3 is 9.47 Å². The van der Waals surface area contributed by atoms with Gasteiger partial charge in [0.25, 0.3) is 0 Å². The summed E-state index contributed by atoms with van der Waals surface area (Å²) in [6, 6.07) is 74.0. The maximum absolute atomic E-state index is 2.40. The molecule has 1 aromatic heterocycles. The molecule has 1 heterocycles. The highest BCUT2D eigenvalue weighted by Gasteiger charge is 2.18. The molecule has 8 aromatic carbocycles. The molecule has 9 rings (SSSR count). The predicted octanol–water partition coefficient (Wildman–Crippen LogP) is 13.3. The van der Waals surface area contributed by atoms with Gasteiger partial charge in [0.05, 0.1) is 11.0 Å². The van der Waals surface area contributed by atoms with E-state index in [1.807, 2.05) is 0 Å². The summed E-state index contributed by atoms with van der Waals surface area (Å²) in [6.07, 6.45) is 0. The molecule has 0 spiro atoms. The van der Waals surface area contributed by atoms with Gasteiger partial charge >= 0.3 is 0 Å². The molecule has 0 aliphatic heterocycles. The molecule has 0 aliphatic rings. The van der Waals surface area contributed by atoms with Crippen molar-refractivity contribution in [2.24, 2.45) is 0 Å². The van der Waals surface area contributed by atoms with Gasteiger partial charge in [-0.1, -0.05) is 140 Å². The van der Waals surface area contributed by atoms with Gasteiger partial charge in [-0.3, -0.25) is 0 Å². The number of rotatable bonds is 7. The zero-order valence-corrected chi connectivity index (χ0v) is 27.5. The first-order chi connectivity index (χ1) is 24.8. The Morgan fingerprint density at radius 1 is 0.300 bits per heavy atom. The summed E-state index contributed by atoms with van der Waals surface area (Å²) >= 11 is 0. The maximum atomic E-state index is 2.40. The summed E-state index contributed by atoms with van der Waals surface area (Å²) in [4.78, 5) is 2.34. The molecule has 0 aliphatic carbocycles. The molecule has 2 heteroatoms. The van der Waals surface area contributed by atoms with Crippen LogP contribution < -0.4 is 4.90 Å². The van der Waals surface area contributed by atoms with Gasteiger partial charge in [-0.25, -0.2) is 0 Å². The summed E-state index contributed by atoms with van der Waals surface area (Å²) in [6.45, 7) is 0. The molecule has 0 radical (unpaired) electrons. The average molecular weight is 639 g/mol. The second kappa shape index (κ2) is 12.8. The number of hydrogen-bond donors (Lipinski definition) is 0. The van der Waals surface area contributed by atoms with E-state index in [1.54, 1.807) is 0 Å². The van der Waals surface area contributed by atoms with E-state index < -0.39 is 0 Å². The van der Waals surface area contributed by atoms with Crippen LogP contribution in [0.15, 0.2) is 206 Å². The Morgan fingerprint density at radius 2 is 0.820 bits per heavy atom. The van der Waals surface area contributed by atoms with Crippen molar-refractivity contribution in [3.63, 3.8) is 0 Å². The molecule has 236 valence electrons. The van der Waals surface area contributed by atoms with Crippen LogP contribution in [0, 0.1) is 0 Å². The standard InChI is InChI=1S/C48H34N2/c1-5-16-35(17-6-1)38-20-15-25-42(32-38)49(39-21-9-3-10-22-39)41-30-28-37(29-31-41)44-33-46-43-26-13-14-27-47(43)50(40-23-11-4-12-24-40)48(46)34-45(44)36-18-7-2-8-19-36/h1-34H. The molecule has 9 aromatic rings. The average Bonchev–Trinajstić information content (AvgIpc) is 3.53. The van der Waals surface area contributed by atoms with Crippen LogP contribution in [0.4, 0.5) is 17.1 Å². The van der Waals surface area contributed by atoms with Crippen molar-refractivity contribution in [3.05, 3.63) is 206 Å². The minimum Gasteiger partial charge on any atom is -0.310 e. The van der Waals surface area contributed by atoms with E-state index in [0.29, 0.717) is 0 Å². The zero-order chi connectivity index (χ0) is 33.3. The molecular formula is C48H34N2. The number of aromatic nitrogens is 1. The minimum absolute atomic E-state index is 1.10. The highest BCUT2D eigenvalue weighted by molar-refractivity contribution is 6.12. The van der Waals surface area contributed by atoms with Crippen LogP contribution in [0.25, 0.3) is 60.9 Å². The number of benzene rings is 8.